The first-order valence-corrected chi connectivity index (χ1v) is 6.59. The molecule has 2 N–H and O–H groups in total. The molecular weight excluding hydrogens is 248 g/mol. The second kappa shape index (κ2) is 5.31. The van der Waals surface area contributed by atoms with E-state index >= 15 is 0 Å². The minimum atomic E-state index is 0.456. The van der Waals surface area contributed by atoms with E-state index in [1.807, 2.05) is 55.5 Å². The summed E-state index contributed by atoms with van der Waals surface area (Å²) in [5, 5.41) is 1.06. The average molecular weight is 264 g/mol. The smallest absolute Gasteiger partial charge is 0.146 e. The molecule has 1 heterocycles. The molecule has 3 nitrogen and oxygen atoms in total. The molecule has 0 amide bonds. The molecule has 1 aromatic heterocycles. The summed E-state index contributed by atoms with van der Waals surface area (Å²) in [6.45, 7) is 2.47. The van der Waals surface area contributed by atoms with Gasteiger partial charge < -0.3 is 10.5 Å². The van der Waals surface area contributed by atoms with Crippen LogP contribution in [0.5, 0.6) is 11.5 Å². The monoisotopic (exact) mass is 264 g/mol. The predicted octanol–water partition coefficient (Wildman–Crippen LogP) is 3.79. The number of nitrogens with zero attached hydrogens (tertiary/aromatic N) is 1. The van der Waals surface area contributed by atoms with Crippen molar-refractivity contribution < 1.29 is 4.74 Å². The van der Waals surface area contributed by atoms with Crippen molar-refractivity contribution in [3.63, 3.8) is 0 Å². The Morgan fingerprint density at radius 3 is 2.80 bits per heavy atom. The number of aryl methyl sites for hydroxylation is 1. The highest BCUT2D eigenvalue weighted by atomic mass is 16.5. The van der Waals surface area contributed by atoms with Gasteiger partial charge in [-0.3, -0.25) is 4.98 Å². The molecule has 0 aliphatic rings. The van der Waals surface area contributed by atoms with E-state index in [2.05, 4.69) is 4.98 Å². The first-order valence-electron chi connectivity index (χ1n) is 6.59. The summed E-state index contributed by atoms with van der Waals surface area (Å²) >= 11 is 0. The first-order chi connectivity index (χ1) is 9.78. The minimum absolute atomic E-state index is 0.456. The fraction of sp³-hybridized carbons (Fsp3) is 0.118. The largest absolute Gasteiger partial charge is 0.455 e. The topological polar surface area (TPSA) is 48.1 Å². The molecule has 0 aliphatic heterocycles. The molecule has 0 radical (unpaired) electrons. The van der Waals surface area contributed by atoms with Crippen LogP contribution >= 0.6 is 0 Å². The van der Waals surface area contributed by atoms with Gasteiger partial charge in [-0.25, -0.2) is 0 Å². The molecule has 0 atom stereocenters. The summed E-state index contributed by atoms with van der Waals surface area (Å²) in [6.07, 6.45) is 1.75. The van der Waals surface area contributed by atoms with Crippen LogP contribution < -0.4 is 10.5 Å². The van der Waals surface area contributed by atoms with E-state index in [0.717, 1.165) is 33.5 Å². The highest BCUT2D eigenvalue weighted by Crippen LogP contribution is 2.29. The van der Waals surface area contributed by atoms with Crippen molar-refractivity contribution in [1.82, 2.24) is 4.98 Å². The quantitative estimate of drug-likeness (QED) is 0.782. The van der Waals surface area contributed by atoms with Crippen molar-refractivity contribution >= 4 is 10.9 Å². The number of pyridine rings is 1. The Morgan fingerprint density at radius 2 is 1.95 bits per heavy atom. The molecule has 0 spiro atoms. The van der Waals surface area contributed by atoms with Crippen LogP contribution in [0.25, 0.3) is 10.9 Å². The van der Waals surface area contributed by atoms with Crippen LogP contribution in [0.15, 0.2) is 54.7 Å². The minimum Gasteiger partial charge on any atom is -0.455 e. The Balaban J connectivity index is 2.01. The first kappa shape index (κ1) is 12.6. The third-order valence-corrected chi connectivity index (χ3v) is 3.30. The van der Waals surface area contributed by atoms with Crippen LogP contribution in [-0.4, -0.2) is 4.98 Å². The highest BCUT2D eigenvalue weighted by Gasteiger charge is 2.07. The SMILES string of the molecule is Cc1cccc(CN)c1Oc1cnc2ccccc2c1. The van der Waals surface area contributed by atoms with Crippen molar-refractivity contribution in [3.8, 4) is 11.5 Å². The van der Waals surface area contributed by atoms with Crippen LogP contribution in [0, 0.1) is 6.92 Å². The number of fused-ring (bicyclic) bond motifs is 1. The number of rotatable bonds is 3. The maximum atomic E-state index is 6.00. The van der Waals surface area contributed by atoms with Gasteiger partial charge in [0.25, 0.3) is 0 Å². The molecular formula is C17H16N2O. The summed E-state index contributed by atoms with van der Waals surface area (Å²) < 4.78 is 6.00. The number of hydrogen-bond acceptors (Lipinski definition) is 3. The number of aromatic nitrogens is 1. The zero-order chi connectivity index (χ0) is 13.9. The molecule has 0 bridgehead atoms. The molecule has 2 aromatic carbocycles. The van der Waals surface area contributed by atoms with Gasteiger partial charge in [0, 0.05) is 17.5 Å². The van der Waals surface area contributed by atoms with Gasteiger partial charge in [-0.05, 0) is 24.6 Å². The Morgan fingerprint density at radius 1 is 1.10 bits per heavy atom. The Bertz CT molecular complexity index is 753. The molecule has 0 saturated heterocycles. The van der Waals surface area contributed by atoms with Crippen LogP contribution in [0.3, 0.4) is 0 Å². The van der Waals surface area contributed by atoms with Gasteiger partial charge in [0.15, 0.2) is 0 Å². The van der Waals surface area contributed by atoms with Crippen LogP contribution in [0.1, 0.15) is 11.1 Å². The van der Waals surface area contributed by atoms with Crippen molar-refractivity contribution in [2.75, 3.05) is 0 Å². The Hall–Kier alpha value is -2.39. The summed E-state index contributed by atoms with van der Waals surface area (Å²) in [5.74, 6) is 1.56. The Kier molecular flexibility index (Phi) is 3.35. The number of hydrogen-bond donors (Lipinski definition) is 1. The van der Waals surface area contributed by atoms with Gasteiger partial charge in [0.1, 0.15) is 11.5 Å². The Labute approximate surface area is 118 Å². The van der Waals surface area contributed by atoms with E-state index in [9.17, 15) is 0 Å². The summed E-state index contributed by atoms with van der Waals surface area (Å²) in [5.41, 5.74) is 8.80. The van der Waals surface area contributed by atoms with Gasteiger partial charge in [0.05, 0.1) is 11.7 Å². The van der Waals surface area contributed by atoms with E-state index in [1.165, 1.54) is 0 Å². The lowest BCUT2D eigenvalue weighted by Gasteiger charge is -2.13. The number of ether oxygens (including phenoxy) is 1. The van der Waals surface area contributed by atoms with E-state index in [0.29, 0.717) is 6.54 Å². The van der Waals surface area contributed by atoms with Crippen molar-refractivity contribution in [3.05, 3.63) is 65.9 Å². The van der Waals surface area contributed by atoms with E-state index < -0.39 is 0 Å². The van der Waals surface area contributed by atoms with Crippen LogP contribution in [0.2, 0.25) is 0 Å². The second-order valence-corrected chi connectivity index (χ2v) is 4.73. The molecule has 0 saturated carbocycles. The van der Waals surface area contributed by atoms with Gasteiger partial charge in [-0.1, -0.05) is 36.4 Å². The number of benzene rings is 2. The average Bonchev–Trinajstić information content (AvgIpc) is 2.49. The molecule has 3 heteroatoms. The van der Waals surface area contributed by atoms with E-state index in [1.54, 1.807) is 6.20 Å². The fourth-order valence-corrected chi connectivity index (χ4v) is 2.24. The zero-order valence-corrected chi connectivity index (χ0v) is 11.3. The summed E-state index contributed by atoms with van der Waals surface area (Å²) in [7, 11) is 0. The second-order valence-electron chi connectivity index (χ2n) is 4.73. The van der Waals surface area contributed by atoms with Crippen LogP contribution in [0.4, 0.5) is 0 Å². The number of nitrogens with two attached hydrogens (primary N) is 1. The van der Waals surface area contributed by atoms with Gasteiger partial charge in [0.2, 0.25) is 0 Å². The molecule has 20 heavy (non-hydrogen) atoms. The maximum absolute atomic E-state index is 6.00. The van der Waals surface area contributed by atoms with Crippen molar-refractivity contribution in [1.29, 1.82) is 0 Å². The molecule has 100 valence electrons. The van der Waals surface area contributed by atoms with Crippen LogP contribution in [-0.2, 0) is 6.54 Å². The maximum Gasteiger partial charge on any atom is 0.146 e. The lowest BCUT2D eigenvalue weighted by atomic mass is 10.1. The predicted molar refractivity (Wildman–Crippen MR) is 80.9 cm³/mol. The molecule has 0 unspecified atom stereocenters. The third-order valence-electron chi connectivity index (χ3n) is 3.30. The van der Waals surface area contributed by atoms with E-state index in [4.69, 9.17) is 10.5 Å². The molecule has 3 aromatic rings. The summed E-state index contributed by atoms with van der Waals surface area (Å²) in [4.78, 5) is 4.41. The van der Waals surface area contributed by atoms with E-state index in [-0.39, 0.29) is 0 Å². The zero-order valence-electron chi connectivity index (χ0n) is 11.3. The molecule has 0 fully saturated rings. The number of para-hydroxylation sites is 2. The van der Waals surface area contributed by atoms with Gasteiger partial charge in [-0.15, -0.1) is 0 Å². The standard InChI is InChI=1S/C17H16N2O/c1-12-5-4-7-14(10-18)17(12)20-15-9-13-6-2-3-8-16(13)19-11-15/h2-9,11H,10,18H2,1H3. The van der Waals surface area contributed by atoms with Crippen molar-refractivity contribution in [2.24, 2.45) is 5.73 Å². The van der Waals surface area contributed by atoms with Crippen molar-refractivity contribution in [2.45, 2.75) is 13.5 Å². The van der Waals surface area contributed by atoms with Gasteiger partial charge in [-0.2, -0.15) is 0 Å². The molecule has 0 aliphatic carbocycles. The molecule has 3 rings (SSSR count). The van der Waals surface area contributed by atoms with Gasteiger partial charge >= 0.3 is 0 Å². The lowest BCUT2D eigenvalue weighted by molar-refractivity contribution is 0.471. The lowest BCUT2D eigenvalue weighted by Crippen LogP contribution is -2.01. The third kappa shape index (κ3) is 2.36. The normalized spacial score (nSPS) is 10.7. The highest BCUT2D eigenvalue weighted by molar-refractivity contribution is 5.79. The summed E-state index contributed by atoms with van der Waals surface area (Å²) in [6, 6.07) is 16.0. The fourth-order valence-electron chi connectivity index (χ4n) is 2.24.